The summed E-state index contributed by atoms with van der Waals surface area (Å²) in [5.41, 5.74) is 1.52. The van der Waals surface area contributed by atoms with Gasteiger partial charge < -0.3 is 10.2 Å². The fourth-order valence-electron chi connectivity index (χ4n) is 4.02. The number of amides is 1. The van der Waals surface area contributed by atoms with Crippen LogP contribution in [0.5, 0.6) is 0 Å². The Balaban J connectivity index is 1.59. The van der Waals surface area contributed by atoms with Gasteiger partial charge >= 0.3 is 0 Å². The van der Waals surface area contributed by atoms with Gasteiger partial charge in [-0.05, 0) is 39.8 Å². The smallest absolute Gasteiger partial charge is 0.223 e. The van der Waals surface area contributed by atoms with Crippen LogP contribution >= 0.6 is 0 Å². The van der Waals surface area contributed by atoms with Gasteiger partial charge in [-0.15, -0.1) is 15.3 Å². The number of fused-ring (bicyclic) bond motifs is 1. The summed E-state index contributed by atoms with van der Waals surface area (Å²) < 4.78 is 3.50. The Morgan fingerprint density at radius 2 is 2.04 bits per heavy atom. The average molecular weight is 382 g/mol. The second kappa shape index (κ2) is 6.57. The molecule has 0 unspecified atom stereocenters. The highest BCUT2D eigenvalue weighted by molar-refractivity contribution is 5.80. The highest BCUT2D eigenvalue weighted by atomic mass is 16.2. The summed E-state index contributed by atoms with van der Waals surface area (Å²) >= 11 is 0. The van der Waals surface area contributed by atoms with Crippen LogP contribution in [0.1, 0.15) is 44.6 Å². The first-order valence-corrected chi connectivity index (χ1v) is 9.47. The first kappa shape index (κ1) is 18.4. The number of likely N-dealkylation sites (tertiary alicyclic amines) is 1. The molecule has 9 heteroatoms. The van der Waals surface area contributed by atoms with E-state index in [1.165, 1.54) is 0 Å². The van der Waals surface area contributed by atoms with Crippen LogP contribution < -0.4 is 5.32 Å². The highest BCUT2D eigenvalue weighted by Crippen LogP contribution is 2.42. The molecule has 4 rings (SSSR count). The number of anilines is 1. The Bertz CT molecular complexity index is 1010. The maximum Gasteiger partial charge on any atom is 0.223 e. The Morgan fingerprint density at radius 3 is 2.71 bits per heavy atom. The number of rotatable bonds is 4. The van der Waals surface area contributed by atoms with Gasteiger partial charge in [-0.25, -0.2) is 0 Å². The number of nitrogens with zero attached hydrogens (tertiary/aromatic N) is 7. The molecule has 1 amide bonds. The minimum absolute atomic E-state index is 0.0194. The number of carbonyl (C=O) groups is 1. The molecule has 0 aliphatic carbocycles. The standard InChI is InChI=1S/C19H26N8O/c1-12-22-23-16-7-6-15(24-27(12)16)20-9-13-8-17(28)26(19(2,3)4)18(13)14-10-21-25(5)11-14/h6-7,10-11,13,18H,8-9H2,1-5H3,(H,20,24)/t13-,18+/m0/s1. The van der Waals surface area contributed by atoms with Crippen LogP contribution in [0.15, 0.2) is 24.5 Å². The fraction of sp³-hybridized carbons (Fsp3) is 0.526. The summed E-state index contributed by atoms with van der Waals surface area (Å²) in [5.74, 6) is 1.77. The van der Waals surface area contributed by atoms with E-state index in [0.717, 1.165) is 17.2 Å². The molecular formula is C19H26N8O. The molecule has 3 aromatic heterocycles. The molecule has 1 aliphatic rings. The van der Waals surface area contributed by atoms with E-state index in [1.807, 2.05) is 43.4 Å². The normalized spacial score (nSPS) is 20.3. The van der Waals surface area contributed by atoms with Crippen molar-refractivity contribution >= 4 is 17.4 Å². The molecule has 0 bridgehead atoms. The summed E-state index contributed by atoms with van der Waals surface area (Å²) in [6.07, 6.45) is 4.36. The molecule has 2 atom stereocenters. The van der Waals surface area contributed by atoms with E-state index in [-0.39, 0.29) is 23.4 Å². The van der Waals surface area contributed by atoms with E-state index in [1.54, 1.807) is 9.20 Å². The van der Waals surface area contributed by atoms with Crippen LogP contribution in [0.4, 0.5) is 5.82 Å². The number of hydrogen-bond acceptors (Lipinski definition) is 6. The molecule has 3 aromatic rings. The van der Waals surface area contributed by atoms with Crippen molar-refractivity contribution in [1.82, 2.24) is 34.5 Å². The third-order valence-electron chi connectivity index (χ3n) is 5.18. The van der Waals surface area contributed by atoms with Crippen molar-refractivity contribution in [1.29, 1.82) is 0 Å². The fourth-order valence-corrected chi connectivity index (χ4v) is 4.02. The molecule has 0 spiro atoms. The van der Waals surface area contributed by atoms with Gasteiger partial charge in [0.05, 0.1) is 12.2 Å². The van der Waals surface area contributed by atoms with Crippen molar-refractivity contribution in [3.63, 3.8) is 0 Å². The maximum absolute atomic E-state index is 12.9. The zero-order valence-corrected chi connectivity index (χ0v) is 16.9. The Labute approximate surface area is 163 Å². The van der Waals surface area contributed by atoms with E-state index in [2.05, 4.69) is 46.5 Å². The number of carbonyl (C=O) groups excluding carboxylic acids is 1. The van der Waals surface area contributed by atoms with E-state index in [9.17, 15) is 4.79 Å². The lowest BCUT2D eigenvalue weighted by atomic mass is 9.93. The van der Waals surface area contributed by atoms with Crippen molar-refractivity contribution in [2.75, 3.05) is 11.9 Å². The zero-order valence-electron chi connectivity index (χ0n) is 16.9. The monoisotopic (exact) mass is 382 g/mol. The van der Waals surface area contributed by atoms with Gasteiger partial charge in [0.15, 0.2) is 11.5 Å². The first-order chi connectivity index (χ1) is 13.2. The van der Waals surface area contributed by atoms with Gasteiger partial charge in [0.2, 0.25) is 5.91 Å². The number of hydrogen-bond donors (Lipinski definition) is 1. The lowest BCUT2D eigenvalue weighted by molar-refractivity contribution is -0.133. The molecule has 0 radical (unpaired) electrons. The summed E-state index contributed by atoms with van der Waals surface area (Å²) in [7, 11) is 1.90. The van der Waals surface area contributed by atoms with E-state index in [0.29, 0.717) is 18.6 Å². The molecule has 1 N–H and O–H groups in total. The predicted octanol–water partition coefficient (Wildman–Crippen LogP) is 1.97. The molecule has 1 aliphatic heterocycles. The third kappa shape index (κ3) is 3.21. The molecule has 148 valence electrons. The van der Waals surface area contributed by atoms with Gasteiger partial charge in [-0.1, -0.05) is 0 Å². The van der Waals surface area contributed by atoms with Crippen molar-refractivity contribution < 1.29 is 4.79 Å². The van der Waals surface area contributed by atoms with Gasteiger partial charge in [0.1, 0.15) is 5.82 Å². The van der Waals surface area contributed by atoms with Crippen LogP contribution in [0, 0.1) is 12.8 Å². The Morgan fingerprint density at radius 1 is 1.25 bits per heavy atom. The number of aromatic nitrogens is 6. The van der Waals surface area contributed by atoms with Crippen LogP contribution in [-0.4, -0.2) is 52.5 Å². The molecule has 1 saturated heterocycles. The van der Waals surface area contributed by atoms with Crippen LogP contribution in [-0.2, 0) is 11.8 Å². The van der Waals surface area contributed by atoms with Crippen molar-refractivity contribution in [2.24, 2.45) is 13.0 Å². The van der Waals surface area contributed by atoms with E-state index >= 15 is 0 Å². The van der Waals surface area contributed by atoms with Crippen molar-refractivity contribution in [3.05, 3.63) is 35.9 Å². The van der Waals surface area contributed by atoms with E-state index in [4.69, 9.17) is 0 Å². The zero-order chi connectivity index (χ0) is 20.1. The molecular weight excluding hydrogens is 356 g/mol. The lowest BCUT2D eigenvalue weighted by Crippen LogP contribution is -2.44. The summed E-state index contributed by atoms with van der Waals surface area (Å²) in [4.78, 5) is 14.8. The van der Waals surface area contributed by atoms with E-state index < -0.39 is 0 Å². The number of nitrogens with one attached hydrogen (secondary N) is 1. The Kier molecular flexibility index (Phi) is 4.32. The summed E-state index contributed by atoms with van der Waals surface area (Å²) in [6, 6.07) is 3.75. The molecule has 4 heterocycles. The van der Waals surface area contributed by atoms with Gasteiger partial charge in [0.25, 0.3) is 0 Å². The van der Waals surface area contributed by atoms with Gasteiger partial charge in [-0.3, -0.25) is 9.48 Å². The predicted molar refractivity (Wildman–Crippen MR) is 105 cm³/mol. The molecule has 0 aromatic carbocycles. The third-order valence-corrected chi connectivity index (χ3v) is 5.18. The molecule has 1 fully saturated rings. The van der Waals surface area contributed by atoms with Crippen LogP contribution in [0.25, 0.3) is 5.65 Å². The minimum Gasteiger partial charge on any atom is -0.368 e. The topological polar surface area (TPSA) is 93.2 Å². The lowest BCUT2D eigenvalue weighted by Gasteiger charge is -2.38. The summed E-state index contributed by atoms with van der Waals surface area (Å²) in [6.45, 7) is 8.74. The number of aryl methyl sites for hydroxylation is 2. The van der Waals surface area contributed by atoms with Crippen LogP contribution in [0.2, 0.25) is 0 Å². The Hall–Kier alpha value is -2.97. The molecule has 9 nitrogen and oxygen atoms in total. The van der Waals surface area contributed by atoms with Crippen molar-refractivity contribution in [2.45, 2.75) is 45.7 Å². The second-order valence-electron chi connectivity index (χ2n) is 8.41. The average Bonchev–Trinajstić information content (AvgIpc) is 3.30. The van der Waals surface area contributed by atoms with Crippen LogP contribution in [0.3, 0.4) is 0 Å². The van der Waals surface area contributed by atoms with Gasteiger partial charge in [-0.2, -0.15) is 9.61 Å². The minimum atomic E-state index is -0.261. The largest absolute Gasteiger partial charge is 0.368 e. The maximum atomic E-state index is 12.9. The summed E-state index contributed by atoms with van der Waals surface area (Å²) in [5, 5.41) is 20.4. The van der Waals surface area contributed by atoms with Gasteiger partial charge in [0, 0.05) is 43.2 Å². The molecule has 0 saturated carbocycles. The first-order valence-electron chi connectivity index (χ1n) is 9.47. The van der Waals surface area contributed by atoms with Crippen molar-refractivity contribution in [3.8, 4) is 0 Å². The SMILES string of the molecule is Cc1nnc2ccc(NC[C@@H]3CC(=O)N(C(C)(C)C)[C@H]3c3cnn(C)c3)nn12. The quantitative estimate of drug-likeness (QED) is 0.741. The highest BCUT2D eigenvalue weighted by Gasteiger charge is 2.45. The molecule has 28 heavy (non-hydrogen) atoms. The second-order valence-corrected chi connectivity index (χ2v) is 8.41.